The molecule has 3 nitrogen and oxygen atoms in total. The molecule has 1 rings (SSSR count). The minimum atomic E-state index is -0.463. The molecule has 0 atom stereocenters. The van der Waals surface area contributed by atoms with Crippen LogP contribution in [0.25, 0.3) is 0 Å². The van der Waals surface area contributed by atoms with Crippen molar-refractivity contribution in [2.45, 2.75) is 6.42 Å². The van der Waals surface area contributed by atoms with Crippen LogP contribution in [0.2, 0.25) is 10.0 Å². The second-order valence-electron chi connectivity index (χ2n) is 3.02. The van der Waals surface area contributed by atoms with Gasteiger partial charge in [0.05, 0.1) is 23.0 Å². The van der Waals surface area contributed by atoms with Gasteiger partial charge in [-0.15, -0.1) is 11.6 Å². The predicted molar refractivity (Wildman–Crippen MR) is 65.4 cm³/mol. The van der Waals surface area contributed by atoms with Crippen LogP contribution in [0, 0.1) is 0 Å². The van der Waals surface area contributed by atoms with Crippen molar-refractivity contribution in [3.05, 3.63) is 28.2 Å². The van der Waals surface area contributed by atoms with E-state index in [0.717, 1.165) is 0 Å². The SMILES string of the molecule is O=C(CCl)CC(=O)Nc1cc(Cl)ccc1Cl. The van der Waals surface area contributed by atoms with E-state index in [4.69, 9.17) is 34.8 Å². The highest BCUT2D eigenvalue weighted by molar-refractivity contribution is 6.36. The number of benzene rings is 1. The molecule has 0 aliphatic heterocycles. The first-order valence-electron chi connectivity index (χ1n) is 4.35. The van der Waals surface area contributed by atoms with E-state index in [1.165, 1.54) is 6.07 Å². The van der Waals surface area contributed by atoms with Gasteiger partial charge < -0.3 is 5.32 Å². The fraction of sp³-hybridized carbons (Fsp3) is 0.200. The highest BCUT2D eigenvalue weighted by Gasteiger charge is 2.10. The molecule has 1 amide bonds. The van der Waals surface area contributed by atoms with Crippen molar-refractivity contribution >= 4 is 52.2 Å². The highest BCUT2D eigenvalue weighted by atomic mass is 35.5. The summed E-state index contributed by atoms with van der Waals surface area (Å²) in [4.78, 5) is 22.3. The Balaban J connectivity index is 2.69. The van der Waals surface area contributed by atoms with E-state index in [1.54, 1.807) is 12.1 Å². The second kappa shape index (κ2) is 6.09. The highest BCUT2D eigenvalue weighted by Crippen LogP contribution is 2.25. The van der Waals surface area contributed by atoms with Crippen LogP contribution in [-0.2, 0) is 9.59 Å². The first-order valence-corrected chi connectivity index (χ1v) is 5.64. The summed E-state index contributed by atoms with van der Waals surface area (Å²) in [5.74, 6) is -0.997. The lowest BCUT2D eigenvalue weighted by atomic mass is 10.2. The Hall–Kier alpha value is -0.770. The van der Waals surface area contributed by atoms with Gasteiger partial charge in [-0.2, -0.15) is 0 Å². The molecule has 6 heteroatoms. The van der Waals surface area contributed by atoms with E-state index in [2.05, 4.69) is 5.32 Å². The number of halogens is 3. The molecule has 0 saturated carbocycles. The second-order valence-corrected chi connectivity index (χ2v) is 4.13. The van der Waals surface area contributed by atoms with Gasteiger partial charge in [0, 0.05) is 5.02 Å². The normalized spacial score (nSPS) is 9.94. The van der Waals surface area contributed by atoms with Crippen LogP contribution in [0.5, 0.6) is 0 Å². The third kappa shape index (κ3) is 4.00. The number of carbonyl (C=O) groups is 2. The average molecular weight is 281 g/mol. The smallest absolute Gasteiger partial charge is 0.231 e. The van der Waals surface area contributed by atoms with E-state index in [0.29, 0.717) is 15.7 Å². The van der Waals surface area contributed by atoms with Gasteiger partial charge in [-0.1, -0.05) is 23.2 Å². The quantitative estimate of drug-likeness (QED) is 0.680. The molecule has 0 saturated heterocycles. The molecule has 16 heavy (non-hydrogen) atoms. The number of alkyl halides is 1. The Morgan fingerprint density at radius 3 is 2.56 bits per heavy atom. The molecule has 0 bridgehead atoms. The molecule has 0 aliphatic carbocycles. The molecule has 0 aliphatic rings. The summed E-state index contributed by atoms with van der Waals surface area (Å²) in [6.45, 7) is 0. The summed E-state index contributed by atoms with van der Waals surface area (Å²) in [6, 6.07) is 4.67. The van der Waals surface area contributed by atoms with E-state index in [-0.39, 0.29) is 18.1 Å². The van der Waals surface area contributed by atoms with Crippen molar-refractivity contribution in [1.29, 1.82) is 0 Å². The van der Waals surface area contributed by atoms with Crippen LogP contribution in [0.4, 0.5) is 5.69 Å². The van der Waals surface area contributed by atoms with Gasteiger partial charge in [-0.25, -0.2) is 0 Å². The summed E-state index contributed by atoms with van der Waals surface area (Å²) < 4.78 is 0. The van der Waals surface area contributed by atoms with E-state index in [1.807, 2.05) is 0 Å². The molecule has 1 aromatic rings. The number of amides is 1. The third-order valence-electron chi connectivity index (χ3n) is 1.71. The number of rotatable bonds is 4. The topological polar surface area (TPSA) is 46.2 Å². The van der Waals surface area contributed by atoms with Gasteiger partial charge in [0.15, 0.2) is 5.78 Å². The summed E-state index contributed by atoms with van der Waals surface area (Å²) in [5, 5.41) is 3.29. The number of hydrogen-bond donors (Lipinski definition) is 1. The molecular weight excluding hydrogens is 272 g/mol. The zero-order valence-electron chi connectivity index (χ0n) is 8.10. The average Bonchev–Trinajstić information content (AvgIpc) is 2.23. The van der Waals surface area contributed by atoms with Crippen LogP contribution in [0.15, 0.2) is 18.2 Å². The summed E-state index contributed by atoms with van der Waals surface area (Å²) in [7, 11) is 0. The number of nitrogens with one attached hydrogen (secondary N) is 1. The van der Waals surface area contributed by atoms with Gasteiger partial charge in [-0.3, -0.25) is 9.59 Å². The van der Waals surface area contributed by atoms with Crippen molar-refractivity contribution in [3.63, 3.8) is 0 Å². The van der Waals surface area contributed by atoms with Crippen molar-refractivity contribution < 1.29 is 9.59 Å². The lowest BCUT2D eigenvalue weighted by Crippen LogP contribution is -2.17. The number of anilines is 1. The number of ketones is 1. The van der Waals surface area contributed by atoms with Crippen molar-refractivity contribution in [3.8, 4) is 0 Å². The molecular formula is C10H8Cl3NO2. The number of carbonyl (C=O) groups excluding carboxylic acids is 2. The van der Waals surface area contributed by atoms with Crippen LogP contribution in [0.1, 0.15) is 6.42 Å². The van der Waals surface area contributed by atoms with Crippen molar-refractivity contribution in [1.82, 2.24) is 0 Å². The summed E-state index contributed by atoms with van der Waals surface area (Å²) in [6.07, 6.45) is -0.271. The maximum absolute atomic E-state index is 11.4. The van der Waals surface area contributed by atoms with E-state index < -0.39 is 5.91 Å². The van der Waals surface area contributed by atoms with Gasteiger partial charge in [-0.05, 0) is 18.2 Å². The molecule has 1 N–H and O–H groups in total. The molecule has 0 heterocycles. The fourth-order valence-corrected chi connectivity index (χ4v) is 1.45. The summed E-state index contributed by atoms with van der Waals surface area (Å²) >= 11 is 16.8. The van der Waals surface area contributed by atoms with Crippen LogP contribution in [0.3, 0.4) is 0 Å². The van der Waals surface area contributed by atoms with Crippen LogP contribution in [-0.4, -0.2) is 17.6 Å². The summed E-state index contributed by atoms with van der Waals surface area (Å²) in [5.41, 5.74) is 0.376. The lowest BCUT2D eigenvalue weighted by molar-refractivity contribution is -0.124. The van der Waals surface area contributed by atoms with Crippen molar-refractivity contribution in [2.75, 3.05) is 11.2 Å². The molecule has 86 valence electrons. The first kappa shape index (κ1) is 13.3. The Bertz CT molecular complexity index is 421. The molecule has 0 unspecified atom stereocenters. The van der Waals surface area contributed by atoms with Gasteiger partial charge in [0.1, 0.15) is 0 Å². The maximum atomic E-state index is 11.4. The minimum Gasteiger partial charge on any atom is -0.324 e. The monoisotopic (exact) mass is 279 g/mol. The van der Waals surface area contributed by atoms with Gasteiger partial charge in [0.2, 0.25) is 5.91 Å². The first-order chi connectivity index (χ1) is 7.52. The van der Waals surface area contributed by atoms with Gasteiger partial charge >= 0.3 is 0 Å². The zero-order valence-corrected chi connectivity index (χ0v) is 10.4. The Morgan fingerprint density at radius 2 is 1.94 bits per heavy atom. The molecule has 0 fully saturated rings. The third-order valence-corrected chi connectivity index (χ3v) is 2.57. The molecule has 0 aromatic heterocycles. The largest absolute Gasteiger partial charge is 0.324 e. The Labute approximate surface area is 108 Å². The number of Topliss-reactive ketones (excluding diaryl/α,β-unsaturated/α-hetero) is 1. The lowest BCUT2D eigenvalue weighted by Gasteiger charge is -2.06. The minimum absolute atomic E-state index is 0.184. The van der Waals surface area contributed by atoms with Crippen molar-refractivity contribution in [2.24, 2.45) is 0 Å². The molecule has 0 spiro atoms. The van der Waals surface area contributed by atoms with Gasteiger partial charge in [0.25, 0.3) is 0 Å². The molecule has 0 radical (unpaired) electrons. The Morgan fingerprint density at radius 1 is 1.25 bits per heavy atom. The van der Waals surface area contributed by atoms with E-state index in [9.17, 15) is 9.59 Å². The predicted octanol–water partition coefficient (Wildman–Crippen LogP) is 3.13. The van der Waals surface area contributed by atoms with Crippen LogP contribution >= 0.6 is 34.8 Å². The zero-order chi connectivity index (χ0) is 12.1. The van der Waals surface area contributed by atoms with E-state index >= 15 is 0 Å². The van der Waals surface area contributed by atoms with Crippen LogP contribution < -0.4 is 5.32 Å². The fourth-order valence-electron chi connectivity index (χ4n) is 1.01. The Kier molecular flexibility index (Phi) is 5.06. The number of hydrogen-bond acceptors (Lipinski definition) is 2. The molecule has 1 aromatic carbocycles. The standard InChI is InChI=1S/C10H8Cl3NO2/c11-5-7(15)4-10(16)14-9-3-6(12)1-2-8(9)13/h1-3H,4-5H2,(H,14,16). The maximum Gasteiger partial charge on any atom is 0.231 e.